The van der Waals surface area contributed by atoms with E-state index in [9.17, 15) is 14.9 Å². The second-order valence-corrected chi connectivity index (χ2v) is 5.13. The lowest BCUT2D eigenvalue weighted by molar-refractivity contribution is -0.385. The Hall–Kier alpha value is -2.60. The van der Waals surface area contributed by atoms with E-state index in [0.717, 1.165) is 0 Å². The molecular weight excluding hydrogens is 322 g/mol. The lowest BCUT2D eigenvalue weighted by atomic mass is 10.0. The highest BCUT2D eigenvalue weighted by Crippen LogP contribution is 2.28. The van der Waals surface area contributed by atoms with Gasteiger partial charge in [0.05, 0.1) is 24.7 Å². The van der Waals surface area contributed by atoms with Gasteiger partial charge in [0, 0.05) is 23.1 Å². The number of ether oxygens (including phenoxy) is 2. The van der Waals surface area contributed by atoms with Gasteiger partial charge in [0.1, 0.15) is 5.75 Å². The number of nitro groups is 1. The molecule has 6 nitrogen and oxygen atoms in total. The fraction of sp³-hybridized carbons (Fsp3) is 0.188. The van der Waals surface area contributed by atoms with Crippen molar-refractivity contribution < 1.29 is 19.2 Å². The van der Waals surface area contributed by atoms with Crippen LogP contribution in [0.15, 0.2) is 36.4 Å². The molecule has 0 amide bonds. The minimum atomic E-state index is -0.626. The van der Waals surface area contributed by atoms with Gasteiger partial charge in [-0.15, -0.1) is 0 Å². The van der Waals surface area contributed by atoms with E-state index in [-0.39, 0.29) is 17.7 Å². The first-order chi connectivity index (χ1) is 11.0. The molecule has 0 atom stereocenters. The minimum absolute atomic E-state index is 0.125. The average molecular weight is 336 g/mol. The summed E-state index contributed by atoms with van der Waals surface area (Å²) in [5, 5.41) is 11.8. The summed E-state index contributed by atoms with van der Waals surface area (Å²) in [5.41, 5.74) is 1.10. The van der Waals surface area contributed by atoms with Crippen LogP contribution in [0.5, 0.6) is 5.75 Å². The summed E-state index contributed by atoms with van der Waals surface area (Å²) >= 11 is 6.14. The molecule has 0 aliphatic heterocycles. The van der Waals surface area contributed by atoms with Gasteiger partial charge >= 0.3 is 5.97 Å². The molecule has 0 bridgehead atoms. The number of nitrogens with zero attached hydrogens (tertiary/aromatic N) is 1. The maximum Gasteiger partial charge on any atom is 0.338 e. The first kappa shape index (κ1) is 16.8. The summed E-state index contributed by atoms with van der Waals surface area (Å²) < 4.78 is 9.72. The summed E-state index contributed by atoms with van der Waals surface area (Å²) in [7, 11) is 2.75. The Morgan fingerprint density at radius 2 is 1.91 bits per heavy atom. The highest BCUT2D eigenvalue weighted by atomic mass is 35.5. The Bertz CT molecular complexity index is 760. The molecule has 0 aromatic heterocycles. The highest BCUT2D eigenvalue weighted by Gasteiger charge is 2.19. The van der Waals surface area contributed by atoms with Crippen molar-refractivity contribution in [2.75, 3.05) is 14.2 Å². The van der Waals surface area contributed by atoms with Crippen LogP contribution >= 0.6 is 11.6 Å². The predicted octanol–water partition coefficient (Wildman–Crippen LogP) is 3.63. The van der Waals surface area contributed by atoms with Gasteiger partial charge in [-0.2, -0.15) is 0 Å². The van der Waals surface area contributed by atoms with Gasteiger partial charge in [-0.05, 0) is 29.8 Å². The second kappa shape index (κ2) is 7.11. The molecule has 2 aromatic rings. The molecule has 0 heterocycles. The van der Waals surface area contributed by atoms with Crippen LogP contribution in [0, 0.1) is 10.1 Å². The van der Waals surface area contributed by atoms with E-state index in [1.807, 2.05) is 0 Å². The summed E-state index contributed by atoms with van der Waals surface area (Å²) in [4.78, 5) is 22.3. The van der Waals surface area contributed by atoms with Gasteiger partial charge in [0.15, 0.2) is 0 Å². The van der Waals surface area contributed by atoms with Gasteiger partial charge in [0.25, 0.3) is 5.69 Å². The summed E-state index contributed by atoms with van der Waals surface area (Å²) in [6.45, 7) is 0. The standard InChI is InChI=1S/C16H14ClNO5/c1-22-13-5-6-14(17)12(8-13)7-10-3-4-11(16(19)23-2)9-15(10)18(20)21/h3-6,8-9H,7H2,1-2H3. The Labute approximate surface area is 137 Å². The first-order valence-corrected chi connectivity index (χ1v) is 7.02. The van der Waals surface area contributed by atoms with Crippen molar-refractivity contribution in [2.24, 2.45) is 0 Å². The number of benzene rings is 2. The molecule has 0 unspecified atom stereocenters. The third-order valence-electron chi connectivity index (χ3n) is 3.34. The van der Waals surface area contributed by atoms with Gasteiger partial charge in [0.2, 0.25) is 0 Å². The molecule has 0 spiro atoms. The Kier molecular flexibility index (Phi) is 5.18. The second-order valence-electron chi connectivity index (χ2n) is 4.73. The zero-order chi connectivity index (χ0) is 17.0. The molecule has 0 saturated heterocycles. The number of carbonyl (C=O) groups is 1. The number of halogens is 1. The molecule has 0 aliphatic carbocycles. The van der Waals surface area contributed by atoms with Gasteiger partial charge < -0.3 is 9.47 Å². The van der Waals surface area contributed by atoms with Crippen LogP contribution in [0.25, 0.3) is 0 Å². The third-order valence-corrected chi connectivity index (χ3v) is 3.71. The maximum absolute atomic E-state index is 11.5. The molecule has 7 heteroatoms. The fourth-order valence-electron chi connectivity index (χ4n) is 2.15. The zero-order valence-corrected chi connectivity index (χ0v) is 13.3. The van der Waals surface area contributed by atoms with Crippen LogP contribution in [0.1, 0.15) is 21.5 Å². The van der Waals surface area contributed by atoms with E-state index in [0.29, 0.717) is 21.9 Å². The largest absolute Gasteiger partial charge is 0.497 e. The van der Waals surface area contributed by atoms with Crippen molar-refractivity contribution in [3.05, 3.63) is 68.2 Å². The van der Waals surface area contributed by atoms with E-state index in [1.165, 1.54) is 32.4 Å². The summed E-state index contributed by atoms with van der Waals surface area (Å²) in [6.07, 6.45) is 0.244. The highest BCUT2D eigenvalue weighted by molar-refractivity contribution is 6.31. The monoisotopic (exact) mass is 335 g/mol. The number of rotatable bonds is 5. The van der Waals surface area contributed by atoms with E-state index < -0.39 is 10.9 Å². The van der Waals surface area contributed by atoms with Crippen LogP contribution < -0.4 is 4.74 Å². The summed E-state index contributed by atoms with van der Waals surface area (Å²) in [5.74, 6) is -0.0164. The topological polar surface area (TPSA) is 78.7 Å². The Morgan fingerprint density at radius 3 is 2.52 bits per heavy atom. The van der Waals surface area contributed by atoms with E-state index in [1.54, 1.807) is 18.2 Å². The van der Waals surface area contributed by atoms with Crippen molar-refractivity contribution in [3.63, 3.8) is 0 Å². The lowest BCUT2D eigenvalue weighted by Crippen LogP contribution is -2.04. The first-order valence-electron chi connectivity index (χ1n) is 6.64. The van der Waals surface area contributed by atoms with Crippen molar-refractivity contribution in [1.82, 2.24) is 0 Å². The van der Waals surface area contributed by atoms with Crippen molar-refractivity contribution in [3.8, 4) is 5.75 Å². The number of hydrogen-bond donors (Lipinski definition) is 0. The average Bonchev–Trinajstić information content (AvgIpc) is 2.56. The molecule has 0 radical (unpaired) electrons. The molecule has 120 valence electrons. The van der Waals surface area contributed by atoms with E-state index >= 15 is 0 Å². The molecule has 0 N–H and O–H groups in total. The number of hydrogen-bond acceptors (Lipinski definition) is 5. The summed E-state index contributed by atoms with van der Waals surface area (Å²) in [6, 6.07) is 9.32. The number of methoxy groups -OCH3 is 2. The normalized spacial score (nSPS) is 10.2. The SMILES string of the molecule is COC(=O)c1ccc(Cc2cc(OC)ccc2Cl)c([N+](=O)[O-])c1. The van der Waals surface area contributed by atoms with Crippen LogP contribution in [0.2, 0.25) is 5.02 Å². The molecule has 23 heavy (non-hydrogen) atoms. The quantitative estimate of drug-likeness (QED) is 0.473. The molecule has 0 fully saturated rings. The fourth-order valence-corrected chi connectivity index (χ4v) is 2.33. The van der Waals surface area contributed by atoms with Gasteiger partial charge in [-0.25, -0.2) is 4.79 Å². The molecule has 2 aromatic carbocycles. The lowest BCUT2D eigenvalue weighted by Gasteiger charge is -2.09. The van der Waals surface area contributed by atoms with E-state index in [2.05, 4.69) is 4.74 Å². The van der Waals surface area contributed by atoms with Crippen molar-refractivity contribution in [1.29, 1.82) is 0 Å². The van der Waals surface area contributed by atoms with Gasteiger partial charge in [-0.1, -0.05) is 17.7 Å². The third kappa shape index (κ3) is 3.78. The Morgan fingerprint density at radius 1 is 1.17 bits per heavy atom. The minimum Gasteiger partial charge on any atom is -0.497 e. The number of esters is 1. The predicted molar refractivity (Wildman–Crippen MR) is 85.2 cm³/mol. The maximum atomic E-state index is 11.5. The molecule has 0 saturated carbocycles. The van der Waals surface area contributed by atoms with Crippen LogP contribution in [-0.4, -0.2) is 25.1 Å². The van der Waals surface area contributed by atoms with Crippen LogP contribution in [-0.2, 0) is 11.2 Å². The molecular formula is C16H14ClNO5. The van der Waals surface area contributed by atoms with Crippen LogP contribution in [0.4, 0.5) is 5.69 Å². The number of nitro benzene ring substituents is 1. The van der Waals surface area contributed by atoms with Crippen molar-refractivity contribution >= 4 is 23.3 Å². The number of carbonyl (C=O) groups excluding carboxylic acids is 1. The smallest absolute Gasteiger partial charge is 0.338 e. The Balaban J connectivity index is 2.43. The van der Waals surface area contributed by atoms with E-state index in [4.69, 9.17) is 16.3 Å². The van der Waals surface area contributed by atoms with Gasteiger partial charge in [-0.3, -0.25) is 10.1 Å². The molecule has 0 aliphatic rings. The molecule has 2 rings (SSSR count). The van der Waals surface area contributed by atoms with Crippen LogP contribution in [0.3, 0.4) is 0 Å². The zero-order valence-electron chi connectivity index (χ0n) is 12.5. The van der Waals surface area contributed by atoms with Crippen molar-refractivity contribution in [2.45, 2.75) is 6.42 Å².